The Labute approximate surface area is 215 Å². The molecule has 2 amide bonds. The molecule has 2 aromatic rings. The van der Waals surface area contributed by atoms with Gasteiger partial charge in [0.05, 0.1) is 24.6 Å². The zero-order valence-electron chi connectivity index (χ0n) is 21.3. The highest BCUT2D eigenvalue weighted by Gasteiger charge is 2.34. The SMILES string of the molecule is C[C@H]1CN([C@@H](C)CO)C(=O)c2cc(NC(=O)CCC(F)(F)F)ccc2O[C@@H]1CN(C)Cc1ccccc1. The molecule has 0 saturated carbocycles. The maximum atomic E-state index is 13.5. The third kappa shape index (κ3) is 8.19. The van der Waals surface area contributed by atoms with E-state index in [1.807, 2.05) is 44.3 Å². The molecule has 0 bridgehead atoms. The third-order valence-corrected chi connectivity index (χ3v) is 6.37. The van der Waals surface area contributed by atoms with Gasteiger partial charge in [-0.15, -0.1) is 0 Å². The molecule has 7 nitrogen and oxygen atoms in total. The van der Waals surface area contributed by atoms with Gasteiger partial charge in [0.1, 0.15) is 11.9 Å². The lowest BCUT2D eigenvalue weighted by atomic mass is 9.99. The molecule has 0 aromatic heterocycles. The molecule has 10 heteroatoms. The van der Waals surface area contributed by atoms with Crippen LogP contribution in [0.15, 0.2) is 48.5 Å². The van der Waals surface area contributed by atoms with E-state index in [4.69, 9.17) is 4.74 Å². The van der Waals surface area contributed by atoms with Crippen LogP contribution < -0.4 is 10.1 Å². The van der Waals surface area contributed by atoms with E-state index in [0.29, 0.717) is 25.4 Å². The molecule has 3 rings (SSSR count). The number of amides is 2. The molecule has 0 saturated heterocycles. The quantitative estimate of drug-likeness (QED) is 0.514. The zero-order chi connectivity index (χ0) is 27.2. The lowest BCUT2D eigenvalue weighted by molar-refractivity contribution is -0.142. The molecule has 2 N–H and O–H groups in total. The van der Waals surface area contributed by atoms with Crippen molar-refractivity contribution >= 4 is 17.5 Å². The number of aliphatic hydroxyl groups is 1. The molecule has 0 radical (unpaired) electrons. The van der Waals surface area contributed by atoms with E-state index in [2.05, 4.69) is 10.2 Å². The number of halogens is 3. The van der Waals surface area contributed by atoms with Crippen molar-refractivity contribution in [2.45, 2.75) is 51.6 Å². The molecular formula is C27H34F3N3O4. The van der Waals surface area contributed by atoms with Crippen molar-refractivity contribution in [3.63, 3.8) is 0 Å². The summed E-state index contributed by atoms with van der Waals surface area (Å²) in [6.07, 6.45) is -6.68. The van der Waals surface area contributed by atoms with Gasteiger partial charge in [-0.3, -0.25) is 14.5 Å². The summed E-state index contributed by atoms with van der Waals surface area (Å²) in [4.78, 5) is 29.2. The van der Waals surface area contributed by atoms with Crippen molar-refractivity contribution < 1.29 is 32.6 Å². The molecule has 0 unspecified atom stereocenters. The summed E-state index contributed by atoms with van der Waals surface area (Å²) in [5.74, 6) is -0.929. The van der Waals surface area contributed by atoms with Gasteiger partial charge in [-0.1, -0.05) is 37.3 Å². The second-order valence-electron chi connectivity index (χ2n) is 9.68. The van der Waals surface area contributed by atoms with Crippen LogP contribution in [0.5, 0.6) is 5.75 Å². The van der Waals surface area contributed by atoms with Gasteiger partial charge >= 0.3 is 6.18 Å². The van der Waals surface area contributed by atoms with Crippen LogP contribution >= 0.6 is 0 Å². The molecule has 0 spiro atoms. The Morgan fingerprint density at radius 2 is 1.95 bits per heavy atom. The van der Waals surface area contributed by atoms with Crippen LogP contribution in [0, 0.1) is 5.92 Å². The van der Waals surface area contributed by atoms with Gasteiger partial charge in [0.2, 0.25) is 5.91 Å². The monoisotopic (exact) mass is 521 g/mol. The number of rotatable bonds is 9. The van der Waals surface area contributed by atoms with Crippen molar-refractivity contribution in [1.29, 1.82) is 0 Å². The average molecular weight is 522 g/mol. The number of ether oxygens (including phenoxy) is 1. The number of nitrogens with zero attached hydrogens (tertiary/aromatic N) is 2. The topological polar surface area (TPSA) is 82.1 Å². The van der Waals surface area contributed by atoms with E-state index in [-0.39, 0.29) is 35.8 Å². The number of alkyl halides is 3. The van der Waals surface area contributed by atoms with Crippen molar-refractivity contribution in [2.75, 3.05) is 32.1 Å². The van der Waals surface area contributed by atoms with Crippen molar-refractivity contribution in [2.24, 2.45) is 5.92 Å². The number of benzene rings is 2. The predicted octanol–water partition coefficient (Wildman–Crippen LogP) is 4.32. The summed E-state index contributed by atoms with van der Waals surface area (Å²) < 4.78 is 43.8. The third-order valence-electron chi connectivity index (χ3n) is 6.37. The van der Waals surface area contributed by atoms with Crippen LogP contribution in [0.3, 0.4) is 0 Å². The number of anilines is 1. The summed E-state index contributed by atoms with van der Waals surface area (Å²) in [7, 11) is 1.99. The predicted molar refractivity (Wildman–Crippen MR) is 134 cm³/mol. The lowest BCUT2D eigenvalue weighted by Crippen LogP contribution is -2.49. The van der Waals surface area contributed by atoms with E-state index in [1.165, 1.54) is 12.1 Å². The molecule has 37 heavy (non-hydrogen) atoms. The van der Waals surface area contributed by atoms with Gasteiger partial charge in [0, 0.05) is 37.7 Å². The van der Waals surface area contributed by atoms with Gasteiger partial charge in [0.15, 0.2) is 0 Å². The van der Waals surface area contributed by atoms with Crippen LogP contribution in [0.2, 0.25) is 0 Å². The van der Waals surface area contributed by atoms with Crippen LogP contribution in [-0.4, -0.2) is 71.8 Å². The summed E-state index contributed by atoms with van der Waals surface area (Å²) >= 11 is 0. The van der Waals surface area contributed by atoms with Gasteiger partial charge in [-0.2, -0.15) is 13.2 Å². The fraction of sp³-hybridized carbons (Fsp3) is 0.481. The number of nitrogens with one attached hydrogen (secondary N) is 1. The minimum Gasteiger partial charge on any atom is -0.488 e. The Morgan fingerprint density at radius 3 is 2.59 bits per heavy atom. The van der Waals surface area contributed by atoms with Gasteiger partial charge in [0.25, 0.3) is 5.91 Å². The first-order valence-corrected chi connectivity index (χ1v) is 12.3. The Bertz CT molecular complexity index is 1060. The normalized spacial score (nSPS) is 19.0. The number of carbonyl (C=O) groups is 2. The molecular weight excluding hydrogens is 487 g/mol. The maximum Gasteiger partial charge on any atom is 0.389 e. The van der Waals surface area contributed by atoms with Gasteiger partial charge < -0.3 is 20.1 Å². The fourth-order valence-corrected chi connectivity index (χ4v) is 4.26. The standard InChI is InChI=1S/C27H34F3N3O4/c1-18-14-33(19(2)17-34)26(36)22-13-21(31-25(35)11-12-27(28,29)30)9-10-23(22)37-24(18)16-32(3)15-20-7-5-4-6-8-20/h4-10,13,18-19,24,34H,11-12,14-17H2,1-3H3,(H,31,35)/t18-,19-,24+/m0/s1. The average Bonchev–Trinajstić information content (AvgIpc) is 2.85. The smallest absolute Gasteiger partial charge is 0.389 e. The van der Waals surface area contributed by atoms with Crippen molar-refractivity contribution in [1.82, 2.24) is 9.80 Å². The second kappa shape index (κ2) is 12.4. The van der Waals surface area contributed by atoms with Crippen LogP contribution in [0.1, 0.15) is 42.6 Å². The molecule has 0 fully saturated rings. The van der Waals surface area contributed by atoms with E-state index in [0.717, 1.165) is 5.56 Å². The Balaban J connectivity index is 1.84. The minimum absolute atomic E-state index is 0.0638. The van der Waals surface area contributed by atoms with Crippen molar-refractivity contribution in [3.05, 3.63) is 59.7 Å². The maximum absolute atomic E-state index is 13.5. The van der Waals surface area contributed by atoms with Gasteiger partial charge in [-0.05, 0) is 37.7 Å². The van der Waals surface area contributed by atoms with E-state index in [9.17, 15) is 27.9 Å². The van der Waals surface area contributed by atoms with E-state index < -0.39 is 31.0 Å². The molecule has 202 valence electrons. The number of hydrogen-bond acceptors (Lipinski definition) is 5. The van der Waals surface area contributed by atoms with E-state index >= 15 is 0 Å². The summed E-state index contributed by atoms with van der Waals surface area (Å²) in [5, 5.41) is 12.2. The fourth-order valence-electron chi connectivity index (χ4n) is 4.26. The molecule has 1 aliphatic heterocycles. The van der Waals surface area contributed by atoms with Crippen LogP contribution in [0.4, 0.5) is 18.9 Å². The molecule has 1 aliphatic rings. The number of likely N-dealkylation sites (N-methyl/N-ethyl adjacent to an activating group) is 1. The highest BCUT2D eigenvalue weighted by atomic mass is 19.4. The molecule has 1 heterocycles. The first-order chi connectivity index (χ1) is 17.5. The summed E-state index contributed by atoms with van der Waals surface area (Å²) in [5.41, 5.74) is 1.53. The van der Waals surface area contributed by atoms with Crippen LogP contribution in [-0.2, 0) is 11.3 Å². The Morgan fingerprint density at radius 1 is 1.24 bits per heavy atom. The second-order valence-corrected chi connectivity index (χ2v) is 9.68. The largest absolute Gasteiger partial charge is 0.488 e. The van der Waals surface area contributed by atoms with Crippen LogP contribution in [0.25, 0.3) is 0 Å². The molecule has 3 atom stereocenters. The van der Waals surface area contributed by atoms with E-state index in [1.54, 1.807) is 17.9 Å². The Kier molecular flexibility index (Phi) is 9.56. The van der Waals surface area contributed by atoms with Crippen molar-refractivity contribution in [3.8, 4) is 5.75 Å². The number of fused-ring (bicyclic) bond motifs is 1. The zero-order valence-corrected chi connectivity index (χ0v) is 21.3. The summed E-state index contributed by atoms with van der Waals surface area (Å²) in [6, 6.07) is 14.0. The molecule has 0 aliphatic carbocycles. The highest BCUT2D eigenvalue weighted by molar-refractivity contribution is 5.99. The summed E-state index contributed by atoms with van der Waals surface area (Å²) in [6.45, 7) is 5.12. The Hall–Kier alpha value is -3.11. The number of aliphatic hydroxyl groups excluding tert-OH is 1. The number of carbonyl (C=O) groups excluding carboxylic acids is 2. The molecule has 2 aromatic carbocycles. The first-order valence-electron chi connectivity index (χ1n) is 12.3. The minimum atomic E-state index is -4.44. The van der Waals surface area contributed by atoms with Gasteiger partial charge in [-0.25, -0.2) is 0 Å². The lowest BCUT2D eigenvalue weighted by Gasteiger charge is -2.38. The highest BCUT2D eigenvalue weighted by Crippen LogP contribution is 2.31. The first kappa shape index (κ1) is 28.5. The number of hydrogen-bond donors (Lipinski definition) is 2.